The minimum absolute atomic E-state index is 0. The number of carbonyl (C=O) groups excluding carboxylic acids is 1. The van der Waals surface area contributed by atoms with E-state index in [1.165, 1.54) is 4.90 Å². The average Bonchev–Trinajstić information content (AvgIpc) is 2.91. The van der Waals surface area contributed by atoms with Crippen LogP contribution in [0.3, 0.4) is 0 Å². The van der Waals surface area contributed by atoms with E-state index >= 15 is 0 Å². The normalized spacial score (nSPS) is 18.5. The molecule has 0 spiro atoms. The van der Waals surface area contributed by atoms with E-state index in [0.717, 1.165) is 0 Å². The molecule has 138 valence electrons. The van der Waals surface area contributed by atoms with Crippen molar-refractivity contribution in [3.05, 3.63) is 96.1 Å². The number of nitrogens with zero attached hydrogens (tertiary/aromatic N) is 1. The van der Waals surface area contributed by atoms with Crippen LogP contribution in [-0.2, 0) is 20.3 Å². The van der Waals surface area contributed by atoms with Crippen molar-refractivity contribution in [3.8, 4) is 0 Å². The molecule has 3 aromatic rings. The number of rotatable bonds is 4. The molecule has 0 aromatic heterocycles. The van der Waals surface area contributed by atoms with Crippen molar-refractivity contribution in [1.29, 1.82) is 0 Å². The van der Waals surface area contributed by atoms with Gasteiger partial charge in [0, 0.05) is 5.69 Å². The van der Waals surface area contributed by atoms with E-state index in [0.29, 0.717) is 22.5 Å². The van der Waals surface area contributed by atoms with E-state index in [9.17, 15) is 17.8 Å². The zero-order chi connectivity index (χ0) is 19.1. The van der Waals surface area contributed by atoms with Crippen molar-refractivity contribution in [3.63, 3.8) is 0 Å². The molecule has 0 saturated carbocycles. The molecule has 3 aromatic carbocycles. The number of hydrogen-bond donors (Lipinski definition) is 1. The van der Waals surface area contributed by atoms with Gasteiger partial charge in [-0.15, -0.1) is 0 Å². The first kappa shape index (κ1) is 20.8. The predicted octanol–water partition coefficient (Wildman–Crippen LogP) is 2.89. The predicted molar refractivity (Wildman–Crippen MR) is 111 cm³/mol. The summed E-state index contributed by atoms with van der Waals surface area (Å²) in [6, 6.07) is 24.9. The van der Waals surface area contributed by atoms with Gasteiger partial charge in [-0.25, -0.2) is 0 Å². The topological polar surface area (TPSA) is 74.7 Å². The van der Waals surface area contributed by atoms with Gasteiger partial charge >= 0.3 is 29.6 Å². The van der Waals surface area contributed by atoms with E-state index in [-0.39, 0.29) is 29.6 Å². The Kier molecular flexibility index (Phi) is 5.79. The summed E-state index contributed by atoms with van der Waals surface area (Å²) in [6.45, 7) is 0. The fourth-order valence-electron chi connectivity index (χ4n) is 3.78. The van der Waals surface area contributed by atoms with Gasteiger partial charge in [-0.3, -0.25) is 14.2 Å². The van der Waals surface area contributed by atoms with Crippen LogP contribution in [0.5, 0.6) is 0 Å². The molecule has 1 atom stereocenters. The molecule has 4 rings (SSSR count). The van der Waals surface area contributed by atoms with Gasteiger partial charge < -0.3 is 0 Å². The van der Waals surface area contributed by atoms with Crippen molar-refractivity contribution < 1.29 is 17.8 Å². The molecule has 1 amide bonds. The van der Waals surface area contributed by atoms with Crippen LogP contribution in [0.15, 0.2) is 84.9 Å². The van der Waals surface area contributed by atoms with Crippen LogP contribution >= 0.6 is 0 Å². The number of para-hydroxylation sites is 2. The number of anilines is 2. The fourth-order valence-corrected chi connectivity index (χ4v) is 4.77. The summed E-state index contributed by atoms with van der Waals surface area (Å²) in [7, 11) is -4.44. The van der Waals surface area contributed by atoms with Crippen LogP contribution in [0.1, 0.15) is 11.1 Å². The van der Waals surface area contributed by atoms with Gasteiger partial charge in [0.1, 0.15) is 5.41 Å². The van der Waals surface area contributed by atoms with Crippen LogP contribution in [0.25, 0.3) is 0 Å². The second kappa shape index (κ2) is 7.81. The van der Waals surface area contributed by atoms with E-state index in [1.54, 1.807) is 66.7 Å². The van der Waals surface area contributed by atoms with Crippen molar-refractivity contribution in [1.82, 2.24) is 0 Å². The first-order valence-electron chi connectivity index (χ1n) is 8.43. The SMILES string of the molecule is O=C1N(c2ccccc2)c2ccccc2C1(CS(=O)(=O)O)c1ccccc1.[NaH]. The van der Waals surface area contributed by atoms with Gasteiger partial charge in [0.2, 0.25) is 5.91 Å². The third-order valence-electron chi connectivity index (χ3n) is 4.85. The molecule has 1 aliphatic rings. The molecule has 7 heteroatoms. The second-order valence-electron chi connectivity index (χ2n) is 6.49. The van der Waals surface area contributed by atoms with Crippen molar-refractivity contribution in [2.45, 2.75) is 5.41 Å². The molecule has 1 heterocycles. The molecule has 1 unspecified atom stereocenters. The summed E-state index contributed by atoms with van der Waals surface area (Å²) in [5.74, 6) is -1.12. The van der Waals surface area contributed by atoms with Crippen LogP contribution in [-0.4, -0.2) is 54.2 Å². The van der Waals surface area contributed by atoms with Crippen LogP contribution < -0.4 is 4.90 Å². The zero-order valence-electron chi connectivity index (χ0n) is 14.3. The first-order chi connectivity index (χ1) is 12.9. The quantitative estimate of drug-likeness (QED) is 0.537. The Morgan fingerprint density at radius 1 is 0.821 bits per heavy atom. The van der Waals surface area contributed by atoms with E-state index < -0.39 is 27.2 Å². The van der Waals surface area contributed by atoms with E-state index in [2.05, 4.69) is 0 Å². The van der Waals surface area contributed by atoms with E-state index in [4.69, 9.17) is 0 Å². The summed E-state index contributed by atoms with van der Waals surface area (Å²) in [5.41, 5.74) is 0.826. The fraction of sp³-hybridized carbons (Fsp3) is 0.0952. The summed E-state index contributed by atoms with van der Waals surface area (Å²) in [6.07, 6.45) is 0. The molecule has 0 bridgehead atoms. The summed E-state index contributed by atoms with van der Waals surface area (Å²) >= 11 is 0. The zero-order valence-corrected chi connectivity index (χ0v) is 15.1. The number of amides is 1. The number of benzene rings is 3. The Hall–Kier alpha value is -1.96. The minimum atomic E-state index is -4.44. The van der Waals surface area contributed by atoms with Crippen molar-refractivity contribution in [2.24, 2.45) is 0 Å². The molecular weight excluding hydrogens is 385 g/mol. The summed E-state index contributed by atoms with van der Waals surface area (Å²) in [5, 5.41) is 0. The Morgan fingerprint density at radius 2 is 1.36 bits per heavy atom. The Morgan fingerprint density at radius 3 is 1.96 bits per heavy atom. The standard InChI is InChI=1S/C21H17NO4S.Na.H/c23-20-21(15-27(24,25)26,16-9-3-1-4-10-16)18-13-7-8-14-19(18)22(20)17-11-5-2-6-12-17;;/h1-14H,15H2,(H,24,25,26);;. The summed E-state index contributed by atoms with van der Waals surface area (Å²) in [4.78, 5) is 15.2. The van der Waals surface area contributed by atoms with Gasteiger partial charge in [-0.05, 0) is 29.3 Å². The van der Waals surface area contributed by atoms with Gasteiger partial charge in [0.05, 0.1) is 11.4 Å². The molecule has 0 radical (unpaired) electrons. The Bertz CT molecular complexity index is 1100. The van der Waals surface area contributed by atoms with Crippen LogP contribution in [0, 0.1) is 0 Å². The van der Waals surface area contributed by atoms with Crippen molar-refractivity contribution >= 4 is 57.0 Å². The average molecular weight is 403 g/mol. The van der Waals surface area contributed by atoms with Crippen LogP contribution in [0.2, 0.25) is 0 Å². The second-order valence-corrected chi connectivity index (χ2v) is 7.94. The molecule has 5 nitrogen and oxygen atoms in total. The van der Waals surface area contributed by atoms with E-state index in [1.807, 2.05) is 18.2 Å². The van der Waals surface area contributed by atoms with Crippen molar-refractivity contribution in [2.75, 3.05) is 10.7 Å². The molecular formula is C21H18NNaO4S. The Balaban J connectivity index is 0.00000225. The molecule has 0 aliphatic carbocycles. The number of carbonyl (C=O) groups is 1. The van der Waals surface area contributed by atoms with Gasteiger partial charge in [-0.2, -0.15) is 8.42 Å². The van der Waals surface area contributed by atoms with Gasteiger partial charge in [-0.1, -0.05) is 66.7 Å². The molecule has 1 aliphatic heterocycles. The first-order valence-corrected chi connectivity index (χ1v) is 10.0. The maximum absolute atomic E-state index is 13.7. The molecule has 1 N–H and O–H groups in total. The molecule has 0 saturated heterocycles. The molecule has 28 heavy (non-hydrogen) atoms. The monoisotopic (exact) mass is 403 g/mol. The molecule has 0 fully saturated rings. The third-order valence-corrected chi connectivity index (χ3v) is 5.65. The third kappa shape index (κ3) is 3.43. The Labute approximate surface area is 186 Å². The van der Waals surface area contributed by atoms with Gasteiger partial charge in [0.25, 0.3) is 10.1 Å². The van der Waals surface area contributed by atoms with Crippen LogP contribution in [0.4, 0.5) is 11.4 Å². The maximum atomic E-state index is 13.7. The summed E-state index contributed by atoms with van der Waals surface area (Å²) < 4.78 is 33.6. The number of fused-ring (bicyclic) bond motifs is 1. The van der Waals surface area contributed by atoms with Gasteiger partial charge in [0.15, 0.2) is 0 Å². The number of hydrogen-bond acceptors (Lipinski definition) is 3.